The number of hydrogen-bond donors (Lipinski definition) is 0. The molecule has 2 aliphatic rings. The highest BCUT2D eigenvalue weighted by atomic mass is 16.5. The standard InChI is InChI=1S/C32H44N2O4/c1-3-4-5-6-7-8-9-10-11-12-13-14-15-16-17-18-19-20-21-22-30(35)33-26-29-25-28(33)27-34(29)31(36)23-24-32(37)38-2/h4-5,7-8,10-11,13-14,16-17,19-20,23-24,28-29H,3,6,9,12,15,18,21-22,25-27H2,1-2H3/b5-4-,8-7-,11-10-,14-13-,17-16-,20-19-,24-23+/t28-,29-/m0/s1. The topological polar surface area (TPSA) is 66.9 Å². The van der Waals surface area contributed by atoms with Gasteiger partial charge in [-0.1, -0.05) is 79.8 Å². The van der Waals surface area contributed by atoms with Crippen LogP contribution in [0.1, 0.15) is 64.7 Å². The first-order valence-electron chi connectivity index (χ1n) is 13.8. The molecule has 2 fully saturated rings. The third-order valence-electron chi connectivity index (χ3n) is 6.53. The quantitative estimate of drug-likeness (QED) is 0.142. The van der Waals surface area contributed by atoms with Gasteiger partial charge in [0.05, 0.1) is 19.2 Å². The van der Waals surface area contributed by atoms with E-state index >= 15 is 0 Å². The van der Waals surface area contributed by atoms with Crippen LogP contribution < -0.4 is 0 Å². The van der Waals surface area contributed by atoms with E-state index in [4.69, 9.17) is 0 Å². The minimum atomic E-state index is -0.547. The summed E-state index contributed by atoms with van der Waals surface area (Å²) in [5, 5.41) is 0. The van der Waals surface area contributed by atoms with Gasteiger partial charge >= 0.3 is 5.97 Å². The number of amides is 2. The van der Waals surface area contributed by atoms with Gasteiger partial charge in [-0.05, 0) is 51.4 Å². The average Bonchev–Trinajstić information content (AvgIpc) is 3.54. The molecular formula is C32H44N2O4. The second-order valence-corrected chi connectivity index (χ2v) is 9.39. The van der Waals surface area contributed by atoms with Gasteiger partial charge in [-0.15, -0.1) is 0 Å². The van der Waals surface area contributed by atoms with Crippen molar-refractivity contribution >= 4 is 17.8 Å². The fraction of sp³-hybridized carbons (Fsp3) is 0.469. The second-order valence-electron chi connectivity index (χ2n) is 9.39. The van der Waals surface area contributed by atoms with Crippen molar-refractivity contribution in [3.05, 3.63) is 85.1 Å². The Balaban J connectivity index is 1.51. The van der Waals surface area contributed by atoms with E-state index in [-0.39, 0.29) is 23.9 Å². The third-order valence-corrected chi connectivity index (χ3v) is 6.53. The summed E-state index contributed by atoms with van der Waals surface area (Å²) in [7, 11) is 1.28. The van der Waals surface area contributed by atoms with Gasteiger partial charge in [0.25, 0.3) is 0 Å². The van der Waals surface area contributed by atoms with Gasteiger partial charge in [-0.3, -0.25) is 9.59 Å². The number of piperazine rings is 1. The molecule has 2 heterocycles. The highest BCUT2D eigenvalue weighted by Crippen LogP contribution is 2.31. The molecule has 0 saturated carbocycles. The smallest absolute Gasteiger partial charge is 0.330 e. The number of hydrogen-bond acceptors (Lipinski definition) is 4. The van der Waals surface area contributed by atoms with E-state index < -0.39 is 5.97 Å². The zero-order chi connectivity index (χ0) is 27.4. The summed E-state index contributed by atoms with van der Waals surface area (Å²) >= 11 is 0. The molecule has 2 atom stereocenters. The SMILES string of the molecule is CC/C=C\C/C=C\C/C=C\C/C=C\C/C=C\C/C=C\CCC(=O)N1C[C@@H]2C[C@H]1CN2C(=O)/C=C/C(=O)OC. The molecule has 6 heteroatoms. The number of esters is 1. The van der Waals surface area contributed by atoms with Gasteiger partial charge in [0.15, 0.2) is 0 Å². The number of likely N-dealkylation sites (tertiary alicyclic amines) is 2. The Kier molecular flexibility index (Phi) is 15.2. The molecule has 38 heavy (non-hydrogen) atoms. The molecule has 2 amide bonds. The number of ether oxygens (including phenoxy) is 1. The number of allylic oxidation sites excluding steroid dienone is 12. The van der Waals surface area contributed by atoms with Crippen LogP contribution in [0.2, 0.25) is 0 Å². The van der Waals surface area contributed by atoms with Gasteiger partial charge in [-0.25, -0.2) is 4.79 Å². The fourth-order valence-electron chi connectivity index (χ4n) is 4.54. The van der Waals surface area contributed by atoms with Crippen molar-refractivity contribution in [1.29, 1.82) is 0 Å². The Morgan fingerprint density at radius 3 is 1.63 bits per heavy atom. The maximum absolute atomic E-state index is 12.6. The largest absolute Gasteiger partial charge is 0.466 e. The van der Waals surface area contributed by atoms with Crippen LogP contribution in [0.25, 0.3) is 0 Å². The van der Waals surface area contributed by atoms with Crippen LogP contribution in [0.5, 0.6) is 0 Å². The first-order chi connectivity index (χ1) is 18.6. The Bertz CT molecular complexity index is 955. The van der Waals surface area contributed by atoms with E-state index in [9.17, 15) is 14.4 Å². The van der Waals surface area contributed by atoms with E-state index in [0.717, 1.165) is 57.4 Å². The Hall–Kier alpha value is -3.41. The number of methoxy groups -OCH3 is 1. The summed E-state index contributed by atoms with van der Waals surface area (Å²) in [6.45, 7) is 3.25. The summed E-state index contributed by atoms with van der Waals surface area (Å²) in [5.41, 5.74) is 0. The van der Waals surface area contributed by atoms with E-state index in [1.54, 1.807) is 4.90 Å². The summed E-state index contributed by atoms with van der Waals surface area (Å²) in [5.74, 6) is -0.601. The van der Waals surface area contributed by atoms with Crippen molar-refractivity contribution < 1.29 is 19.1 Å². The predicted octanol–water partition coefficient (Wildman–Crippen LogP) is 6.01. The van der Waals surface area contributed by atoms with E-state index in [1.807, 2.05) is 4.90 Å². The van der Waals surface area contributed by atoms with E-state index in [0.29, 0.717) is 19.5 Å². The third kappa shape index (κ3) is 11.8. The van der Waals surface area contributed by atoms with Crippen LogP contribution in [0.4, 0.5) is 0 Å². The molecule has 0 radical (unpaired) electrons. The molecule has 2 aliphatic heterocycles. The minimum absolute atomic E-state index is 0.0321. The number of carbonyl (C=O) groups excluding carboxylic acids is 3. The maximum Gasteiger partial charge on any atom is 0.330 e. The number of fused-ring (bicyclic) bond motifs is 2. The molecule has 0 aromatic heterocycles. The lowest BCUT2D eigenvalue weighted by atomic mass is 10.2. The molecule has 0 unspecified atom stereocenters. The maximum atomic E-state index is 12.6. The average molecular weight is 521 g/mol. The number of rotatable bonds is 16. The van der Waals surface area contributed by atoms with Crippen LogP contribution in [0, 0.1) is 0 Å². The van der Waals surface area contributed by atoms with Gasteiger partial charge in [-0.2, -0.15) is 0 Å². The van der Waals surface area contributed by atoms with Gasteiger partial charge in [0.1, 0.15) is 0 Å². The molecule has 0 aromatic rings. The van der Waals surface area contributed by atoms with Crippen molar-refractivity contribution in [2.24, 2.45) is 0 Å². The summed E-state index contributed by atoms with van der Waals surface area (Å²) in [6.07, 6.45) is 36.3. The lowest BCUT2D eigenvalue weighted by molar-refractivity contribution is -0.137. The lowest BCUT2D eigenvalue weighted by Gasteiger charge is -2.33. The van der Waals surface area contributed by atoms with Crippen molar-refractivity contribution in [1.82, 2.24) is 9.80 Å². The van der Waals surface area contributed by atoms with E-state index in [2.05, 4.69) is 84.6 Å². The predicted molar refractivity (Wildman–Crippen MR) is 154 cm³/mol. The molecule has 0 aliphatic carbocycles. The van der Waals surface area contributed by atoms with Crippen LogP contribution in [0.3, 0.4) is 0 Å². The Labute approximate surface area is 228 Å². The first-order valence-corrected chi connectivity index (χ1v) is 13.8. The summed E-state index contributed by atoms with van der Waals surface area (Å²) in [4.78, 5) is 39.8. The number of carbonyl (C=O) groups is 3. The monoisotopic (exact) mass is 520 g/mol. The zero-order valence-corrected chi connectivity index (χ0v) is 23.0. The van der Waals surface area contributed by atoms with Gasteiger partial charge in [0, 0.05) is 31.7 Å². The normalized spacial score (nSPS) is 19.8. The molecule has 2 rings (SSSR count). The van der Waals surface area contributed by atoms with Gasteiger partial charge in [0.2, 0.25) is 11.8 Å². The Morgan fingerprint density at radius 1 is 0.684 bits per heavy atom. The molecule has 206 valence electrons. The summed E-state index contributed by atoms with van der Waals surface area (Å²) in [6, 6.07) is 0.109. The Morgan fingerprint density at radius 2 is 1.16 bits per heavy atom. The first kappa shape index (κ1) is 30.8. The molecule has 0 aromatic carbocycles. The minimum Gasteiger partial charge on any atom is -0.466 e. The van der Waals surface area contributed by atoms with E-state index in [1.165, 1.54) is 13.2 Å². The second kappa shape index (κ2) is 18.8. The van der Waals surface area contributed by atoms with Gasteiger partial charge < -0.3 is 14.5 Å². The zero-order valence-electron chi connectivity index (χ0n) is 23.0. The molecular weight excluding hydrogens is 476 g/mol. The van der Waals surface area contributed by atoms with Crippen LogP contribution in [0.15, 0.2) is 85.1 Å². The molecule has 0 spiro atoms. The van der Waals surface area contributed by atoms with Crippen molar-refractivity contribution in [3.8, 4) is 0 Å². The highest BCUT2D eigenvalue weighted by molar-refractivity contribution is 5.95. The summed E-state index contributed by atoms with van der Waals surface area (Å²) < 4.78 is 4.52. The van der Waals surface area contributed by atoms with Crippen LogP contribution in [-0.4, -0.2) is 59.9 Å². The molecule has 2 bridgehead atoms. The van der Waals surface area contributed by atoms with Crippen molar-refractivity contribution in [2.45, 2.75) is 76.8 Å². The van der Waals surface area contributed by atoms with Crippen LogP contribution >= 0.6 is 0 Å². The lowest BCUT2D eigenvalue weighted by Crippen LogP contribution is -2.50. The van der Waals surface area contributed by atoms with Crippen LogP contribution in [-0.2, 0) is 19.1 Å². The van der Waals surface area contributed by atoms with Crippen molar-refractivity contribution in [3.63, 3.8) is 0 Å². The highest BCUT2D eigenvalue weighted by Gasteiger charge is 2.46. The van der Waals surface area contributed by atoms with Crippen molar-refractivity contribution in [2.75, 3.05) is 20.2 Å². The number of nitrogens with zero attached hydrogens (tertiary/aromatic N) is 2. The molecule has 6 nitrogen and oxygen atoms in total. The fourth-order valence-corrected chi connectivity index (χ4v) is 4.54. The molecule has 2 saturated heterocycles. The molecule has 0 N–H and O–H groups in total.